The number of carboxylic acids is 1. The zero-order valence-corrected chi connectivity index (χ0v) is 13.3. The second-order valence-electron chi connectivity index (χ2n) is 6.52. The Kier molecular flexibility index (Phi) is 4.61. The van der Waals surface area contributed by atoms with Crippen molar-refractivity contribution in [3.8, 4) is 0 Å². The Morgan fingerprint density at radius 3 is 2.78 bits per heavy atom. The van der Waals surface area contributed by atoms with Gasteiger partial charge < -0.3 is 10.4 Å². The molecule has 1 aromatic rings. The monoisotopic (exact) mass is 317 g/mol. The standard InChI is InChI=1S/C17H23N3O3/c1-2-20(10-16(21)22)13-6-12(7-13)19-17(23)15-8-14(15)11-4-3-5-18-9-11/h3-5,9,12-15H,2,6-8,10H2,1H3,(H,19,23)(H,21,22)/t12?,13?,14-,15+/m1/s1. The molecule has 2 aliphatic carbocycles. The van der Waals surface area contributed by atoms with Gasteiger partial charge in [0.05, 0.1) is 6.54 Å². The first-order valence-corrected chi connectivity index (χ1v) is 8.24. The number of aliphatic carboxylic acids is 1. The third kappa shape index (κ3) is 3.69. The summed E-state index contributed by atoms with van der Waals surface area (Å²) in [7, 11) is 0. The summed E-state index contributed by atoms with van der Waals surface area (Å²) in [5.74, 6) is -0.293. The van der Waals surface area contributed by atoms with Gasteiger partial charge in [-0.3, -0.25) is 19.5 Å². The van der Waals surface area contributed by atoms with Gasteiger partial charge in [-0.2, -0.15) is 0 Å². The zero-order valence-electron chi connectivity index (χ0n) is 13.3. The fraction of sp³-hybridized carbons (Fsp3) is 0.588. The molecule has 0 aliphatic heterocycles. The molecule has 0 bridgehead atoms. The van der Waals surface area contributed by atoms with Crippen LogP contribution in [-0.2, 0) is 9.59 Å². The van der Waals surface area contributed by atoms with Gasteiger partial charge >= 0.3 is 5.97 Å². The Hall–Kier alpha value is -1.95. The molecule has 6 nitrogen and oxygen atoms in total. The van der Waals surface area contributed by atoms with E-state index < -0.39 is 5.97 Å². The number of carbonyl (C=O) groups is 2. The quantitative estimate of drug-likeness (QED) is 0.790. The minimum absolute atomic E-state index is 0.0690. The number of nitrogens with one attached hydrogen (secondary N) is 1. The topological polar surface area (TPSA) is 82.5 Å². The minimum atomic E-state index is -0.795. The lowest BCUT2D eigenvalue weighted by Crippen LogP contribution is -2.55. The number of hydrogen-bond acceptors (Lipinski definition) is 4. The van der Waals surface area contributed by atoms with E-state index in [4.69, 9.17) is 5.11 Å². The number of carboxylic acid groups (broad SMARTS) is 1. The Bertz CT molecular complexity index is 572. The first-order chi connectivity index (χ1) is 11.1. The van der Waals surface area contributed by atoms with Crippen molar-refractivity contribution in [3.63, 3.8) is 0 Å². The van der Waals surface area contributed by atoms with Crippen LogP contribution in [0.1, 0.15) is 37.7 Å². The van der Waals surface area contributed by atoms with Gasteiger partial charge in [0.25, 0.3) is 0 Å². The van der Waals surface area contributed by atoms with E-state index in [2.05, 4.69) is 10.3 Å². The molecular formula is C17H23N3O3. The number of amides is 1. The first-order valence-electron chi connectivity index (χ1n) is 8.24. The third-order valence-corrected chi connectivity index (χ3v) is 4.96. The van der Waals surface area contributed by atoms with Crippen LogP contribution in [0.25, 0.3) is 0 Å². The molecule has 0 spiro atoms. The lowest BCUT2D eigenvalue weighted by atomic mass is 9.85. The maximum absolute atomic E-state index is 12.3. The summed E-state index contributed by atoms with van der Waals surface area (Å²) >= 11 is 0. The van der Waals surface area contributed by atoms with Crippen LogP contribution in [0.3, 0.4) is 0 Å². The number of rotatable bonds is 7. The molecule has 0 saturated heterocycles. The SMILES string of the molecule is CCN(CC(=O)O)C1CC(NC(=O)[C@H]2C[C@@H]2c2cccnc2)C1. The van der Waals surface area contributed by atoms with E-state index in [1.165, 1.54) is 0 Å². The van der Waals surface area contributed by atoms with Gasteiger partial charge in [-0.15, -0.1) is 0 Å². The van der Waals surface area contributed by atoms with E-state index >= 15 is 0 Å². The fourth-order valence-corrected chi connectivity index (χ4v) is 3.43. The summed E-state index contributed by atoms with van der Waals surface area (Å²) in [6, 6.07) is 4.39. The summed E-state index contributed by atoms with van der Waals surface area (Å²) in [5, 5.41) is 12.0. The van der Waals surface area contributed by atoms with Crippen LogP contribution in [-0.4, -0.2) is 52.0 Å². The van der Waals surface area contributed by atoms with Crippen LogP contribution < -0.4 is 5.32 Å². The van der Waals surface area contributed by atoms with Crippen molar-refractivity contribution in [2.24, 2.45) is 5.92 Å². The molecule has 2 atom stereocenters. The summed E-state index contributed by atoms with van der Waals surface area (Å²) in [4.78, 5) is 29.2. The van der Waals surface area contributed by atoms with Crippen molar-refractivity contribution in [1.82, 2.24) is 15.2 Å². The van der Waals surface area contributed by atoms with Crippen LogP contribution >= 0.6 is 0 Å². The highest BCUT2D eigenvalue weighted by Gasteiger charge is 2.45. The van der Waals surface area contributed by atoms with E-state index in [1.54, 1.807) is 6.20 Å². The first kappa shape index (κ1) is 15.9. The molecule has 2 fully saturated rings. The third-order valence-electron chi connectivity index (χ3n) is 4.96. The molecule has 0 unspecified atom stereocenters. The average Bonchev–Trinajstić information content (AvgIpc) is 3.29. The van der Waals surface area contributed by atoms with Crippen molar-refractivity contribution in [2.75, 3.05) is 13.1 Å². The normalized spacial score (nSPS) is 29.0. The van der Waals surface area contributed by atoms with Crippen molar-refractivity contribution in [1.29, 1.82) is 0 Å². The number of nitrogens with zero attached hydrogens (tertiary/aromatic N) is 2. The molecule has 2 aliphatic rings. The number of pyridine rings is 1. The summed E-state index contributed by atoms with van der Waals surface area (Å²) in [5.41, 5.74) is 1.14. The Morgan fingerprint density at radius 1 is 1.39 bits per heavy atom. The van der Waals surface area contributed by atoms with Gasteiger partial charge in [0.1, 0.15) is 0 Å². The lowest BCUT2D eigenvalue weighted by Gasteiger charge is -2.42. The lowest BCUT2D eigenvalue weighted by molar-refractivity contribution is -0.139. The Balaban J connectivity index is 1.42. The maximum atomic E-state index is 12.3. The van der Waals surface area contributed by atoms with Gasteiger partial charge in [-0.1, -0.05) is 13.0 Å². The van der Waals surface area contributed by atoms with Gasteiger partial charge in [-0.25, -0.2) is 0 Å². The van der Waals surface area contributed by atoms with Crippen LogP contribution in [0.5, 0.6) is 0 Å². The molecule has 6 heteroatoms. The smallest absolute Gasteiger partial charge is 0.317 e. The maximum Gasteiger partial charge on any atom is 0.317 e. The summed E-state index contributed by atoms with van der Waals surface area (Å²) in [6.07, 6.45) is 6.16. The van der Waals surface area contributed by atoms with Crippen LogP contribution in [0, 0.1) is 5.92 Å². The van der Waals surface area contributed by atoms with E-state index in [0.29, 0.717) is 5.92 Å². The van der Waals surface area contributed by atoms with E-state index in [-0.39, 0.29) is 30.5 Å². The molecule has 3 rings (SSSR count). The number of hydrogen-bond donors (Lipinski definition) is 2. The molecule has 0 radical (unpaired) electrons. The zero-order chi connectivity index (χ0) is 16.4. The predicted octanol–water partition coefficient (Wildman–Crippen LogP) is 1.24. The summed E-state index contributed by atoms with van der Waals surface area (Å²) in [6.45, 7) is 2.77. The van der Waals surface area contributed by atoms with Crippen molar-refractivity contribution < 1.29 is 14.7 Å². The number of carbonyl (C=O) groups excluding carboxylic acids is 1. The highest BCUT2D eigenvalue weighted by atomic mass is 16.4. The van der Waals surface area contributed by atoms with Crippen LogP contribution in [0.2, 0.25) is 0 Å². The highest BCUT2D eigenvalue weighted by molar-refractivity contribution is 5.83. The summed E-state index contributed by atoms with van der Waals surface area (Å²) < 4.78 is 0. The van der Waals surface area contributed by atoms with Crippen molar-refractivity contribution in [2.45, 2.75) is 44.2 Å². The van der Waals surface area contributed by atoms with E-state index in [1.807, 2.05) is 30.2 Å². The Morgan fingerprint density at radius 2 is 2.17 bits per heavy atom. The minimum Gasteiger partial charge on any atom is -0.480 e. The predicted molar refractivity (Wildman–Crippen MR) is 84.9 cm³/mol. The molecule has 2 N–H and O–H groups in total. The molecule has 0 aromatic carbocycles. The molecule has 1 amide bonds. The van der Waals surface area contributed by atoms with E-state index in [0.717, 1.165) is 31.4 Å². The number of likely N-dealkylation sites (N-methyl/N-ethyl adjacent to an activating group) is 1. The van der Waals surface area contributed by atoms with E-state index in [9.17, 15) is 9.59 Å². The number of aromatic nitrogens is 1. The second-order valence-corrected chi connectivity index (χ2v) is 6.52. The van der Waals surface area contributed by atoms with Crippen LogP contribution in [0.4, 0.5) is 0 Å². The van der Waals surface area contributed by atoms with Gasteiger partial charge in [-0.05, 0) is 43.4 Å². The molecule has 124 valence electrons. The largest absolute Gasteiger partial charge is 0.480 e. The second kappa shape index (κ2) is 6.66. The Labute approximate surface area is 135 Å². The molecule has 1 heterocycles. The molecular weight excluding hydrogens is 294 g/mol. The van der Waals surface area contributed by atoms with Crippen LogP contribution in [0.15, 0.2) is 24.5 Å². The van der Waals surface area contributed by atoms with Crippen molar-refractivity contribution >= 4 is 11.9 Å². The highest BCUT2D eigenvalue weighted by Crippen LogP contribution is 2.47. The molecule has 2 saturated carbocycles. The molecule has 1 aromatic heterocycles. The van der Waals surface area contributed by atoms with Gasteiger partial charge in [0.15, 0.2) is 0 Å². The molecule has 23 heavy (non-hydrogen) atoms. The van der Waals surface area contributed by atoms with Gasteiger partial charge in [0, 0.05) is 30.4 Å². The van der Waals surface area contributed by atoms with Gasteiger partial charge in [0.2, 0.25) is 5.91 Å². The average molecular weight is 317 g/mol. The fourth-order valence-electron chi connectivity index (χ4n) is 3.43. The van der Waals surface area contributed by atoms with Crippen molar-refractivity contribution in [3.05, 3.63) is 30.1 Å².